The van der Waals surface area contributed by atoms with Crippen LogP contribution in [0.5, 0.6) is 0 Å². The highest BCUT2D eigenvalue weighted by Gasteiger charge is 2.28. The highest BCUT2D eigenvalue weighted by molar-refractivity contribution is 5.80. The number of hydrogen-bond acceptors (Lipinski definition) is 3. The lowest BCUT2D eigenvalue weighted by molar-refractivity contribution is -0.125. The van der Waals surface area contributed by atoms with Crippen LogP contribution in [0.3, 0.4) is 0 Å². The van der Waals surface area contributed by atoms with E-state index in [1.807, 2.05) is 37.3 Å². The summed E-state index contributed by atoms with van der Waals surface area (Å²) in [7, 11) is 0. The molecule has 0 saturated heterocycles. The minimum absolute atomic E-state index is 0.104. The summed E-state index contributed by atoms with van der Waals surface area (Å²) in [5.74, 6) is -0.512. The monoisotopic (exact) mass is 306 g/mol. The van der Waals surface area contributed by atoms with Crippen molar-refractivity contribution in [3.05, 3.63) is 35.9 Å². The summed E-state index contributed by atoms with van der Waals surface area (Å²) in [6, 6.07) is 8.98. The topological polar surface area (TPSA) is 67.4 Å². The van der Waals surface area contributed by atoms with Gasteiger partial charge in [0, 0.05) is 6.54 Å². The zero-order valence-electron chi connectivity index (χ0n) is 14.0. The number of nitrogens with one attached hydrogen (secondary N) is 2. The number of alkyl carbamates (subject to hydrolysis) is 1. The van der Waals surface area contributed by atoms with Gasteiger partial charge in [-0.1, -0.05) is 37.3 Å². The molecule has 1 rings (SSSR count). The number of ether oxygens (including phenoxy) is 1. The Morgan fingerprint density at radius 2 is 1.77 bits per heavy atom. The molecule has 0 saturated carbocycles. The van der Waals surface area contributed by atoms with Crippen LogP contribution in [0.2, 0.25) is 0 Å². The Morgan fingerprint density at radius 1 is 1.18 bits per heavy atom. The first-order valence-electron chi connectivity index (χ1n) is 7.56. The van der Waals surface area contributed by atoms with E-state index in [2.05, 4.69) is 10.6 Å². The van der Waals surface area contributed by atoms with Crippen LogP contribution in [0.15, 0.2) is 30.3 Å². The number of amides is 2. The lowest BCUT2D eigenvalue weighted by atomic mass is 9.94. The minimum atomic E-state index is -0.583. The van der Waals surface area contributed by atoms with Gasteiger partial charge in [0.2, 0.25) is 5.91 Å². The summed E-state index contributed by atoms with van der Waals surface area (Å²) in [6.07, 6.45) is -0.530. The molecule has 1 aromatic rings. The quantitative estimate of drug-likeness (QED) is 0.878. The second-order valence-corrected chi connectivity index (χ2v) is 6.22. The fraction of sp³-hybridized carbons (Fsp3) is 0.529. The summed E-state index contributed by atoms with van der Waals surface area (Å²) in [5.41, 5.74) is 0.285. The molecular weight excluding hydrogens is 280 g/mol. The van der Waals surface area contributed by atoms with Crippen molar-refractivity contribution >= 4 is 12.0 Å². The molecule has 0 aliphatic carbocycles. The number of carbonyl (C=O) groups excluding carboxylic acids is 2. The van der Waals surface area contributed by atoms with Gasteiger partial charge in [0.1, 0.15) is 5.60 Å². The normalized spacial score (nSPS) is 13.9. The van der Waals surface area contributed by atoms with Gasteiger partial charge >= 0.3 is 6.09 Å². The van der Waals surface area contributed by atoms with Crippen molar-refractivity contribution in [3.8, 4) is 0 Å². The third-order valence-corrected chi connectivity index (χ3v) is 3.10. The smallest absolute Gasteiger partial charge is 0.408 e. The number of carbonyl (C=O) groups is 2. The van der Waals surface area contributed by atoms with Crippen molar-refractivity contribution in [2.75, 3.05) is 6.54 Å². The lowest BCUT2D eigenvalue weighted by Gasteiger charge is -2.27. The molecule has 0 unspecified atom stereocenters. The first-order valence-corrected chi connectivity index (χ1v) is 7.56. The zero-order valence-corrected chi connectivity index (χ0v) is 14.0. The standard InChI is InChI=1S/C17H26N2O3/c1-6-18-15(20)12(2)14(13-10-8-7-9-11-13)19-16(21)22-17(3,4)5/h7-12,14H,6H2,1-5H3,(H,18,20)(H,19,21)/t12-,14+/m0/s1. The minimum Gasteiger partial charge on any atom is -0.444 e. The maximum atomic E-state index is 12.1. The first kappa shape index (κ1) is 18.0. The van der Waals surface area contributed by atoms with E-state index >= 15 is 0 Å². The molecular formula is C17H26N2O3. The van der Waals surface area contributed by atoms with Gasteiger partial charge in [-0.15, -0.1) is 0 Å². The average molecular weight is 306 g/mol. The van der Waals surface area contributed by atoms with E-state index in [1.165, 1.54) is 0 Å². The van der Waals surface area contributed by atoms with Crippen LogP contribution in [0, 0.1) is 5.92 Å². The van der Waals surface area contributed by atoms with E-state index in [-0.39, 0.29) is 5.91 Å². The Balaban J connectivity index is 2.93. The van der Waals surface area contributed by atoms with E-state index in [4.69, 9.17) is 4.74 Å². The summed E-state index contributed by atoms with van der Waals surface area (Å²) in [5, 5.41) is 5.59. The summed E-state index contributed by atoms with van der Waals surface area (Å²) in [4.78, 5) is 24.2. The Labute approximate surface area is 132 Å². The maximum Gasteiger partial charge on any atom is 0.408 e. The zero-order chi connectivity index (χ0) is 16.8. The van der Waals surface area contributed by atoms with E-state index < -0.39 is 23.7 Å². The molecule has 5 nitrogen and oxygen atoms in total. The van der Waals surface area contributed by atoms with Crippen molar-refractivity contribution in [3.63, 3.8) is 0 Å². The van der Waals surface area contributed by atoms with E-state index in [9.17, 15) is 9.59 Å². The largest absolute Gasteiger partial charge is 0.444 e. The molecule has 5 heteroatoms. The molecule has 0 spiro atoms. The molecule has 1 aromatic carbocycles. The van der Waals surface area contributed by atoms with E-state index in [0.717, 1.165) is 5.56 Å². The Bertz CT molecular complexity index is 494. The first-order chi connectivity index (χ1) is 10.2. The summed E-state index contributed by atoms with van der Waals surface area (Å²) >= 11 is 0. The van der Waals surface area contributed by atoms with Crippen LogP contribution in [0.1, 0.15) is 46.2 Å². The molecule has 0 radical (unpaired) electrons. The molecule has 2 atom stereocenters. The SMILES string of the molecule is CCNC(=O)[C@@H](C)[C@@H](NC(=O)OC(C)(C)C)c1ccccc1. The van der Waals surface area contributed by atoms with Crippen LogP contribution in [0.25, 0.3) is 0 Å². The van der Waals surface area contributed by atoms with Gasteiger partial charge in [-0.25, -0.2) is 4.79 Å². The molecule has 2 amide bonds. The second kappa shape index (κ2) is 7.82. The number of benzene rings is 1. The Hall–Kier alpha value is -2.04. The van der Waals surface area contributed by atoms with Crippen LogP contribution in [0.4, 0.5) is 4.79 Å². The van der Waals surface area contributed by atoms with Gasteiger partial charge < -0.3 is 15.4 Å². The molecule has 122 valence electrons. The molecule has 0 aromatic heterocycles. The molecule has 22 heavy (non-hydrogen) atoms. The highest BCUT2D eigenvalue weighted by atomic mass is 16.6. The average Bonchev–Trinajstić information content (AvgIpc) is 2.43. The van der Waals surface area contributed by atoms with Gasteiger partial charge in [0.15, 0.2) is 0 Å². The fourth-order valence-electron chi connectivity index (χ4n) is 2.08. The second-order valence-electron chi connectivity index (χ2n) is 6.22. The fourth-order valence-corrected chi connectivity index (χ4v) is 2.08. The van der Waals surface area contributed by atoms with Crippen molar-refractivity contribution in [1.29, 1.82) is 0 Å². The highest BCUT2D eigenvalue weighted by Crippen LogP contribution is 2.23. The van der Waals surface area contributed by atoms with Gasteiger partial charge in [-0.05, 0) is 33.3 Å². The van der Waals surface area contributed by atoms with Crippen LogP contribution < -0.4 is 10.6 Å². The van der Waals surface area contributed by atoms with Crippen LogP contribution in [-0.2, 0) is 9.53 Å². The molecule has 2 N–H and O–H groups in total. The van der Waals surface area contributed by atoms with E-state index in [0.29, 0.717) is 6.54 Å². The number of hydrogen-bond donors (Lipinski definition) is 2. The van der Waals surface area contributed by atoms with Crippen LogP contribution >= 0.6 is 0 Å². The Kier molecular flexibility index (Phi) is 6.40. The number of rotatable bonds is 5. The van der Waals surface area contributed by atoms with Crippen molar-refractivity contribution in [2.24, 2.45) is 5.92 Å². The van der Waals surface area contributed by atoms with Crippen molar-refractivity contribution in [2.45, 2.75) is 46.3 Å². The molecule has 0 heterocycles. The maximum absolute atomic E-state index is 12.1. The van der Waals surface area contributed by atoms with Gasteiger partial charge in [-0.2, -0.15) is 0 Å². The predicted octanol–water partition coefficient (Wildman–Crippen LogP) is 3.02. The van der Waals surface area contributed by atoms with Crippen LogP contribution in [-0.4, -0.2) is 24.1 Å². The molecule has 0 aliphatic heterocycles. The third kappa shape index (κ3) is 5.76. The summed E-state index contributed by atoms with van der Waals surface area (Å²) in [6.45, 7) is 9.62. The van der Waals surface area contributed by atoms with Gasteiger partial charge in [-0.3, -0.25) is 4.79 Å². The lowest BCUT2D eigenvalue weighted by Crippen LogP contribution is -2.42. The molecule has 0 fully saturated rings. The summed E-state index contributed by atoms with van der Waals surface area (Å²) < 4.78 is 5.30. The molecule has 0 aliphatic rings. The third-order valence-electron chi connectivity index (χ3n) is 3.10. The Morgan fingerprint density at radius 3 is 2.27 bits per heavy atom. The van der Waals surface area contributed by atoms with Crippen molar-refractivity contribution in [1.82, 2.24) is 10.6 Å². The van der Waals surface area contributed by atoms with E-state index in [1.54, 1.807) is 27.7 Å². The van der Waals surface area contributed by atoms with Gasteiger partial charge in [0.25, 0.3) is 0 Å². The molecule has 0 bridgehead atoms. The van der Waals surface area contributed by atoms with Gasteiger partial charge in [0.05, 0.1) is 12.0 Å². The predicted molar refractivity (Wildman–Crippen MR) is 86.4 cm³/mol. The van der Waals surface area contributed by atoms with Crippen molar-refractivity contribution < 1.29 is 14.3 Å².